The van der Waals surface area contributed by atoms with Crippen molar-refractivity contribution in [3.8, 4) is 0 Å². The largest absolute Gasteiger partial charge is 0.302 e. The fourth-order valence-corrected chi connectivity index (χ4v) is 5.38. The maximum atomic E-state index is 2.66. The molecule has 0 aromatic heterocycles. The second-order valence-corrected chi connectivity index (χ2v) is 7.01. The first-order chi connectivity index (χ1) is 10.3. The second kappa shape index (κ2) is 3.98. The number of benzene rings is 2. The molecule has 5 rings (SSSR count). The van der Waals surface area contributed by atoms with Crippen molar-refractivity contribution >= 4 is 0 Å². The molecule has 3 atom stereocenters. The minimum atomic E-state index is 0.381. The highest BCUT2D eigenvalue weighted by molar-refractivity contribution is 5.58. The van der Waals surface area contributed by atoms with Crippen molar-refractivity contribution in [2.75, 3.05) is 19.6 Å². The zero-order valence-electron chi connectivity index (χ0n) is 12.5. The third-order valence-electron chi connectivity index (χ3n) is 6.25. The Morgan fingerprint density at radius 3 is 2.52 bits per heavy atom. The Bertz CT molecular complexity index is 708. The number of hydrogen-bond donors (Lipinski definition) is 0. The van der Waals surface area contributed by atoms with Gasteiger partial charge in [0.15, 0.2) is 0 Å². The summed E-state index contributed by atoms with van der Waals surface area (Å²) in [6.45, 7) is 5.95. The Hall–Kier alpha value is -1.60. The molecule has 1 heterocycles. The van der Waals surface area contributed by atoms with E-state index in [9.17, 15) is 0 Å². The Labute approximate surface area is 126 Å². The second-order valence-electron chi connectivity index (χ2n) is 7.01. The van der Waals surface area contributed by atoms with Gasteiger partial charge in [-0.15, -0.1) is 0 Å². The Kier molecular flexibility index (Phi) is 2.27. The van der Waals surface area contributed by atoms with Gasteiger partial charge in [-0.05, 0) is 35.2 Å². The van der Waals surface area contributed by atoms with E-state index in [0.717, 1.165) is 0 Å². The van der Waals surface area contributed by atoms with Crippen LogP contribution in [0.1, 0.15) is 47.4 Å². The van der Waals surface area contributed by atoms with Crippen molar-refractivity contribution in [3.63, 3.8) is 0 Å². The summed E-state index contributed by atoms with van der Waals surface area (Å²) in [5.41, 5.74) is 6.85. The highest BCUT2D eigenvalue weighted by Crippen LogP contribution is 2.62. The number of likely N-dealkylation sites (N-methyl/N-ethyl adjacent to an activating group) is 1. The molecular formula is C20H21N. The van der Waals surface area contributed by atoms with Crippen LogP contribution in [0.3, 0.4) is 0 Å². The van der Waals surface area contributed by atoms with Gasteiger partial charge in [-0.25, -0.2) is 0 Å². The molecule has 0 N–H and O–H groups in total. The molecule has 3 unspecified atom stereocenters. The Morgan fingerprint density at radius 2 is 1.71 bits per heavy atom. The smallest absolute Gasteiger partial charge is 0.0173 e. The lowest BCUT2D eigenvalue weighted by atomic mass is 9.65. The molecule has 21 heavy (non-hydrogen) atoms. The minimum absolute atomic E-state index is 0.381. The average molecular weight is 275 g/mol. The predicted molar refractivity (Wildman–Crippen MR) is 85.9 cm³/mol. The molecule has 2 aromatic carbocycles. The van der Waals surface area contributed by atoms with E-state index in [2.05, 4.69) is 60.4 Å². The van der Waals surface area contributed by atoms with Crippen LogP contribution >= 0.6 is 0 Å². The lowest BCUT2D eigenvalue weighted by Gasteiger charge is -2.37. The molecule has 2 aliphatic carbocycles. The topological polar surface area (TPSA) is 3.24 Å². The summed E-state index contributed by atoms with van der Waals surface area (Å²) >= 11 is 0. The van der Waals surface area contributed by atoms with Crippen LogP contribution in [0.5, 0.6) is 0 Å². The maximum Gasteiger partial charge on any atom is 0.0173 e. The number of rotatable bonds is 1. The van der Waals surface area contributed by atoms with E-state index in [1.54, 1.807) is 22.3 Å². The highest BCUT2D eigenvalue weighted by Gasteiger charge is 2.57. The lowest BCUT2D eigenvalue weighted by molar-refractivity contribution is 0.318. The van der Waals surface area contributed by atoms with E-state index in [1.165, 1.54) is 26.1 Å². The first kappa shape index (κ1) is 12.0. The van der Waals surface area contributed by atoms with Gasteiger partial charge in [0, 0.05) is 30.3 Å². The van der Waals surface area contributed by atoms with E-state index >= 15 is 0 Å². The van der Waals surface area contributed by atoms with Gasteiger partial charge < -0.3 is 4.90 Å². The number of fused-ring (bicyclic) bond motifs is 3. The zero-order chi connectivity index (χ0) is 14.0. The van der Waals surface area contributed by atoms with Crippen molar-refractivity contribution in [1.82, 2.24) is 4.90 Å². The van der Waals surface area contributed by atoms with Crippen molar-refractivity contribution < 1.29 is 0 Å². The van der Waals surface area contributed by atoms with Crippen molar-refractivity contribution in [2.45, 2.75) is 30.6 Å². The molecule has 1 spiro atoms. The molecule has 1 saturated heterocycles. The first-order valence-electron chi connectivity index (χ1n) is 8.24. The first-order valence-corrected chi connectivity index (χ1v) is 8.24. The van der Waals surface area contributed by atoms with Crippen LogP contribution in [-0.2, 0) is 5.41 Å². The van der Waals surface area contributed by atoms with E-state index in [0.29, 0.717) is 17.3 Å². The molecule has 2 aromatic rings. The van der Waals surface area contributed by atoms with Gasteiger partial charge in [0.05, 0.1) is 0 Å². The van der Waals surface area contributed by atoms with Crippen LogP contribution in [0.2, 0.25) is 0 Å². The van der Waals surface area contributed by atoms with Crippen molar-refractivity contribution in [3.05, 3.63) is 70.8 Å². The fraction of sp³-hybridized carbons (Fsp3) is 0.400. The van der Waals surface area contributed by atoms with Crippen LogP contribution in [-0.4, -0.2) is 24.5 Å². The van der Waals surface area contributed by atoms with Crippen LogP contribution in [0.25, 0.3) is 0 Å². The summed E-state index contributed by atoms with van der Waals surface area (Å²) in [6.07, 6.45) is 1.32. The molecule has 2 bridgehead atoms. The van der Waals surface area contributed by atoms with E-state index < -0.39 is 0 Å². The standard InChI is InChI=1S/C20H21N/c1-2-21-12-19-15-8-4-3-7-14(15)17-11-20(19,13-21)18-10-6-5-9-16(17)18/h3-10,17,19H,2,11-13H2,1H3. The molecule has 0 saturated carbocycles. The monoisotopic (exact) mass is 275 g/mol. The third-order valence-corrected chi connectivity index (χ3v) is 6.25. The fourth-order valence-electron chi connectivity index (χ4n) is 5.38. The van der Waals surface area contributed by atoms with Crippen LogP contribution in [0.15, 0.2) is 48.5 Å². The lowest BCUT2D eigenvalue weighted by Crippen LogP contribution is -2.34. The van der Waals surface area contributed by atoms with Gasteiger partial charge in [-0.3, -0.25) is 0 Å². The molecule has 0 amide bonds. The highest BCUT2D eigenvalue weighted by atomic mass is 15.2. The maximum absolute atomic E-state index is 2.66. The zero-order valence-corrected chi connectivity index (χ0v) is 12.5. The average Bonchev–Trinajstić information content (AvgIpc) is 3.07. The minimum Gasteiger partial charge on any atom is -0.302 e. The molecule has 1 heteroatoms. The molecule has 1 nitrogen and oxygen atoms in total. The number of likely N-dealkylation sites (tertiary alicyclic amines) is 1. The Balaban J connectivity index is 1.81. The SMILES string of the molecule is CCN1CC2c3ccccc3C3CC2(C1)c1ccccc13. The molecule has 1 fully saturated rings. The van der Waals surface area contributed by atoms with Crippen LogP contribution < -0.4 is 0 Å². The van der Waals surface area contributed by atoms with Gasteiger partial charge in [0.2, 0.25) is 0 Å². The molecule has 0 radical (unpaired) electrons. The van der Waals surface area contributed by atoms with Gasteiger partial charge in [-0.1, -0.05) is 55.5 Å². The summed E-state index contributed by atoms with van der Waals surface area (Å²) in [5.74, 6) is 1.32. The summed E-state index contributed by atoms with van der Waals surface area (Å²) in [6, 6.07) is 18.5. The normalized spacial score (nSPS) is 32.6. The summed E-state index contributed by atoms with van der Waals surface area (Å²) in [5, 5.41) is 0. The number of nitrogens with zero attached hydrogens (tertiary/aromatic N) is 1. The quantitative estimate of drug-likeness (QED) is 0.763. The summed E-state index contributed by atoms with van der Waals surface area (Å²) < 4.78 is 0. The Morgan fingerprint density at radius 1 is 1.00 bits per heavy atom. The summed E-state index contributed by atoms with van der Waals surface area (Å²) in [4.78, 5) is 2.66. The van der Waals surface area contributed by atoms with Crippen LogP contribution in [0, 0.1) is 0 Å². The van der Waals surface area contributed by atoms with Gasteiger partial charge >= 0.3 is 0 Å². The van der Waals surface area contributed by atoms with Gasteiger partial charge in [0.1, 0.15) is 0 Å². The van der Waals surface area contributed by atoms with E-state index in [4.69, 9.17) is 0 Å². The molecule has 106 valence electrons. The van der Waals surface area contributed by atoms with Gasteiger partial charge in [0.25, 0.3) is 0 Å². The van der Waals surface area contributed by atoms with Crippen LogP contribution in [0.4, 0.5) is 0 Å². The predicted octanol–water partition coefficient (Wildman–Crippen LogP) is 3.89. The van der Waals surface area contributed by atoms with E-state index in [1.807, 2.05) is 0 Å². The summed E-state index contributed by atoms with van der Waals surface area (Å²) in [7, 11) is 0. The molecule has 1 aliphatic heterocycles. The van der Waals surface area contributed by atoms with E-state index in [-0.39, 0.29) is 0 Å². The van der Waals surface area contributed by atoms with Crippen molar-refractivity contribution in [1.29, 1.82) is 0 Å². The third kappa shape index (κ3) is 1.36. The molecular weight excluding hydrogens is 254 g/mol. The molecule has 3 aliphatic rings. The van der Waals surface area contributed by atoms with Crippen molar-refractivity contribution in [2.24, 2.45) is 0 Å². The van der Waals surface area contributed by atoms with Gasteiger partial charge in [-0.2, -0.15) is 0 Å². The number of hydrogen-bond acceptors (Lipinski definition) is 1.